The fraction of sp³-hybridized carbons (Fsp3) is 0.154. The lowest BCUT2D eigenvalue weighted by Crippen LogP contribution is -2.10. The lowest BCUT2D eigenvalue weighted by Gasteiger charge is -2.09. The minimum absolute atomic E-state index is 0.00422. The van der Waals surface area contributed by atoms with Crippen molar-refractivity contribution in [3.8, 4) is 0 Å². The maximum atomic E-state index is 13.0. The number of pyridine rings is 1. The molecule has 0 spiro atoms. The van der Waals surface area contributed by atoms with Crippen molar-refractivity contribution in [3.63, 3.8) is 0 Å². The molecule has 1 aromatic carbocycles. The first-order chi connectivity index (χ1) is 9.36. The summed E-state index contributed by atoms with van der Waals surface area (Å²) in [6, 6.07) is 6.67. The molecule has 0 aliphatic carbocycles. The van der Waals surface area contributed by atoms with Crippen LogP contribution in [0.1, 0.15) is 11.3 Å². The highest BCUT2D eigenvalue weighted by Crippen LogP contribution is 2.28. The molecule has 0 amide bonds. The van der Waals surface area contributed by atoms with Crippen molar-refractivity contribution in [1.82, 2.24) is 4.98 Å². The first-order valence-corrected chi connectivity index (χ1v) is 5.58. The van der Waals surface area contributed by atoms with Crippen molar-refractivity contribution in [1.29, 1.82) is 0 Å². The van der Waals surface area contributed by atoms with Crippen molar-refractivity contribution in [2.24, 2.45) is 0 Å². The third-order valence-electron chi connectivity index (χ3n) is 2.50. The molecule has 0 saturated heterocycles. The first-order valence-electron chi connectivity index (χ1n) is 5.58. The molecule has 0 bridgehead atoms. The number of aromatic nitrogens is 1. The Hall–Kier alpha value is -2.18. The number of nitrogens with zero attached hydrogens (tertiary/aromatic N) is 1. The average Bonchev–Trinajstić information content (AvgIpc) is 2.39. The largest absolute Gasteiger partial charge is 0.433 e. The van der Waals surface area contributed by atoms with Crippen LogP contribution in [0.15, 0.2) is 36.4 Å². The fourth-order valence-electron chi connectivity index (χ4n) is 1.53. The highest BCUT2D eigenvalue weighted by atomic mass is 19.4. The Morgan fingerprint density at radius 2 is 1.75 bits per heavy atom. The number of anilines is 1. The summed E-state index contributed by atoms with van der Waals surface area (Å²) in [6.45, 7) is 0.0332. The molecular weight excluding hydrogens is 279 g/mol. The third-order valence-corrected chi connectivity index (χ3v) is 2.50. The summed E-state index contributed by atoms with van der Waals surface area (Å²) in [5, 5.41) is 2.62. The molecule has 0 aliphatic rings. The van der Waals surface area contributed by atoms with Crippen LogP contribution in [-0.2, 0) is 12.7 Å². The number of halogens is 5. The SMILES string of the molecule is Fc1ccc(CNc2cccc(C(F)(F)F)n2)cc1F. The van der Waals surface area contributed by atoms with E-state index < -0.39 is 23.5 Å². The second kappa shape index (κ2) is 5.44. The van der Waals surface area contributed by atoms with Crippen molar-refractivity contribution in [2.45, 2.75) is 12.7 Å². The average molecular weight is 288 g/mol. The Balaban J connectivity index is 2.09. The molecule has 2 rings (SSSR count). The molecule has 1 heterocycles. The monoisotopic (exact) mass is 288 g/mol. The van der Waals surface area contributed by atoms with Crippen molar-refractivity contribution >= 4 is 5.82 Å². The van der Waals surface area contributed by atoms with Crippen LogP contribution in [-0.4, -0.2) is 4.98 Å². The van der Waals surface area contributed by atoms with Gasteiger partial charge < -0.3 is 5.32 Å². The summed E-state index contributed by atoms with van der Waals surface area (Å²) in [5.74, 6) is -1.99. The van der Waals surface area contributed by atoms with Crippen LogP contribution in [0.4, 0.5) is 27.8 Å². The maximum absolute atomic E-state index is 13.0. The Bertz CT molecular complexity index is 610. The van der Waals surface area contributed by atoms with E-state index in [0.717, 1.165) is 18.2 Å². The zero-order valence-corrected chi connectivity index (χ0v) is 10.0. The van der Waals surface area contributed by atoms with Gasteiger partial charge in [0, 0.05) is 6.54 Å². The molecule has 2 aromatic rings. The molecule has 20 heavy (non-hydrogen) atoms. The van der Waals surface area contributed by atoms with Gasteiger partial charge in [0.05, 0.1) is 0 Å². The zero-order valence-electron chi connectivity index (χ0n) is 10.0. The third kappa shape index (κ3) is 3.43. The first kappa shape index (κ1) is 14.2. The predicted octanol–water partition coefficient (Wildman–Crippen LogP) is 3.99. The molecule has 0 unspecified atom stereocenters. The van der Waals surface area contributed by atoms with E-state index in [1.165, 1.54) is 18.2 Å². The molecule has 7 heteroatoms. The van der Waals surface area contributed by atoms with E-state index in [0.29, 0.717) is 5.56 Å². The molecule has 0 aliphatic heterocycles. The van der Waals surface area contributed by atoms with Crippen LogP contribution in [0.3, 0.4) is 0 Å². The topological polar surface area (TPSA) is 24.9 Å². The Morgan fingerprint density at radius 3 is 2.40 bits per heavy atom. The maximum Gasteiger partial charge on any atom is 0.433 e. The number of hydrogen-bond acceptors (Lipinski definition) is 2. The summed E-state index contributed by atoms with van der Waals surface area (Å²) in [7, 11) is 0. The normalized spacial score (nSPS) is 11.4. The van der Waals surface area contributed by atoms with E-state index in [1.807, 2.05) is 0 Å². The Kier molecular flexibility index (Phi) is 3.87. The van der Waals surface area contributed by atoms with E-state index in [2.05, 4.69) is 10.3 Å². The van der Waals surface area contributed by atoms with Gasteiger partial charge in [0.2, 0.25) is 0 Å². The van der Waals surface area contributed by atoms with Gasteiger partial charge in [-0.25, -0.2) is 13.8 Å². The number of alkyl halides is 3. The lowest BCUT2D eigenvalue weighted by atomic mass is 10.2. The van der Waals surface area contributed by atoms with Gasteiger partial charge in [-0.3, -0.25) is 0 Å². The smallest absolute Gasteiger partial charge is 0.366 e. The molecule has 1 N–H and O–H groups in total. The Morgan fingerprint density at radius 1 is 1.00 bits per heavy atom. The minimum Gasteiger partial charge on any atom is -0.366 e. The highest BCUT2D eigenvalue weighted by molar-refractivity contribution is 5.37. The summed E-state index contributed by atoms with van der Waals surface area (Å²) >= 11 is 0. The molecule has 106 valence electrons. The lowest BCUT2D eigenvalue weighted by molar-refractivity contribution is -0.141. The summed E-state index contributed by atoms with van der Waals surface area (Å²) < 4.78 is 63.0. The standard InChI is InChI=1S/C13H9F5N2/c14-9-5-4-8(6-10(9)15)7-19-12-3-1-2-11(20-12)13(16,17)18/h1-6H,7H2,(H,19,20). The molecule has 0 radical (unpaired) electrons. The zero-order chi connectivity index (χ0) is 14.8. The van der Waals surface area contributed by atoms with E-state index in [1.54, 1.807) is 0 Å². The van der Waals surface area contributed by atoms with Crippen LogP contribution in [0.5, 0.6) is 0 Å². The van der Waals surface area contributed by atoms with Crippen LogP contribution >= 0.6 is 0 Å². The number of hydrogen-bond donors (Lipinski definition) is 1. The predicted molar refractivity (Wildman–Crippen MR) is 62.9 cm³/mol. The van der Waals surface area contributed by atoms with E-state index >= 15 is 0 Å². The van der Waals surface area contributed by atoms with Crippen LogP contribution in [0, 0.1) is 11.6 Å². The molecule has 2 nitrogen and oxygen atoms in total. The van der Waals surface area contributed by atoms with Gasteiger partial charge in [-0.05, 0) is 29.8 Å². The van der Waals surface area contributed by atoms with Gasteiger partial charge in [-0.1, -0.05) is 12.1 Å². The van der Waals surface area contributed by atoms with E-state index in [-0.39, 0.29) is 12.4 Å². The van der Waals surface area contributed by atoms with Crippen molar-refractivity contribution in [3.05, 3.63) is 59.3 Å². The van der Waals surface area contributed by atoms with Gasteiger partial charge >= 0.3 is 6.18 Å². The fourth-order valence-corrected chi connectivity index (χ4v) is 1.53. The van der Waals surface area contributed by atoms with Gasteiger partial charge in [0.1, 0.15) is 11.5 Å². The summed E-state index contributed by atoms with van der Waals surface area (Å²) in [6.07, 6.45) is -4.53. The van der Waals surface area contributed by atoms with Gasteiger partial charge in [0.15, 0.2) is 11.6 Å². The van der Waals surface area contributed by atoms with Crippen molar-refractivity contribution in [2.75, 3.05) is 5.32 Å². The van der Waals surface area contributed by atoms with Gasteiger partial charge in [-0.15, -0.1) is 0 Å². The van der Waals surface area contributed by atoms with E-state index in [4.69, 9.17) is 0 Å². The molecule has 0 fully saturated rings. The number of rotatable bonds is 3. The Labute approximate surface area is 111 Å². The van der Waals surface area contributed by atoms with Crippen LogP contribution < -0.4 is 5.32 Å². The molecule has 0 atom stereocenters. The summed E-state index contributed by atoms with van der Waals surface area (Å²) in [5.41, 5.74) is -0.629. The van der Waals surface area contributed by atoms with Gasteiger partial charge in [0.25, 0.3) is 0 Å². The number of nitrogens with one attached hydrogen (secondary N) is 1. The van der Waals surface area contributed by atoms with Gasteiger partial charge in [-0.2, -0.15) is 13.2 Å². The van der Waals surface area contributed by atoms with Crippen LogP contribution in [0.25, 0.3) is 0 Å². The minimum atomic E-state index is -4.53. The second-order valence-electron chi connectivity index (χ2n) is 4.01. The quantitative estimate of drug-likeness (QED) is 0.864. The van der Waals surface area contributed by atoms with E-state index in [9.17, 15) is 22.0 Å². The number of benzene rings is 1. The molecule has 0 saturated carbocycles. The molecule has 1 aromatic heterocycles. The molecular formula is C13H9F5N2. The van der Waals surface area contributed by atoms with Crippen molar-refractivity contribution < 1.29 is 22.0 Å². The second-order valence-corrected chi connectivity index (χ2v) is 4.01. The highest BCUT2D eigenvalue weighted by Gasteiger charge is 2.32. The summed E-state index contributed by atoms with van der Waals surface area (Å²) in [4.78, 5) is 3.40. The van der Waals surface area contributed by atoms with Crippen LogP contribution in [0.2, 0.25) is 0 Å².